The Morgan fingerprint density at radius 3 is 2.91 bits per heavy atom. The molecule has 1 fully saturated rings. The molecule has 3 rings (SSSR count). The van der Waals surface area contributed by atoms with Gasteiger partial charge in [0.15, 0.2) is 0 Å². The second-order valence-electron chi connectivity index (χ2n) is 6.33. The lowest BCUT2D eigenvalue weighted by atomic mass is 9.78. The molecule has 0 radical (unpaired) electrons. The van der Waals surface area contributed by atoms with Crippen molar-refractivity contribution in [3.63, 3.8) is 0 Å². The Labute approximate surface area is 136 Å². The number of hydrogen-bond donors (Lipinski definition) is 1. The maximum absolute atomic E-state index is 12.9. The molecule has 23 heavy (non-hydrogen) atoms. The summed E-state index contributed by atoms with van der Waals surface area (Å²) in [5.41, 5.74) is -0.390. The number of hydrogen-bond acceptors (Lipinski definition) is 4. The Morgan fingerprint density at radius 1 is 1.35 bits per heavy atom. The fourth-order valence-corrected chi connectivity index (χ4v) is 4.97. The van der Waals surface area contributed by atoms with Crippen LogP contribution in [0.25, 0.3) is 10.9 Å². The number of rotatable bonds is 3. The largest absolute Gasteiger partial charge is 0.256 e. The van der Waals surface area contributed by atoms with E-state index in [0.29, 0.717) is 29.7 Å². The van der Waals surface area contributed by atoms with Crippen molar-refractivity contribution in [2.24, 2.45) is 5.92 Å². The normalized spacial score (nSPS) is 25.1. The number of sulfonamides is 1. The molecule has 1 saturated carbocycles. The van der Waals surface area contributed by atoms with Crippen LogP contribution in [-0.2, 0) is 10.0 Å². The molecule has 2 aromatic rings. The average molecular weight is 329 g/mol. The number of fused-ring (bicyclic) bond motifs is 1. The summed E-state index contributed by atoms with van der Waals surface area (Å²) < 4.78 is 28.5. The van der Waals surface area contributed by atoms with Gasteiger partial charge >= 0.3 is 0 Å². The lowest BCUT2D eigenvalue weighted by molar-refractivity contribution is 0.270. The van der Waals surface area contributed by atoms with E-state index >= 15 is 0 Å². The second-order valence-corrected chi connectivity index (χ2v) is 7.98. The minimum atomic E-state index is -3.79. The lowest BCUT2D eigenvalue weighted by Gasteiger charge is -2.34. The van der Waals surface area contributed by atoms with Crippen LogP contribution in [0.2, 0.25) is 0 Å². The first kappa shape index (κ1) is 15.9. The van der Waals surface area contributed by atoms with Crippen molar-refractivity contribution in [1.29, 1.82) is 5.26 Å². The highest BCUT2D eigenvalue weighted by atomic mass is 32.2. The number of pyridine rings is 1. The van der Waals surface area contributed by atoms with Gasteiger partial charge in [0.2, 0.25) is 10.0 Å². The van der Waals surface area contributed by atoms with Crippen LogP contribution in [0.5, 0.6) is 0 Å². The fraction of sp³-hybridized carbons (Fsp3) is 0.412. The van der Waals surface area contributed by atoms with Crippen LogP contribution in [0.4, 0.5) is 0 Å². The van der Waals surface area contributed by atoms with Crippen LogP contribution in [0.1, 0.15) is 32.6 Å². The zero-order valence-corrected chi connectivity index (χ0v) is 13.8. The van der Waals surface area contributed by atoms with Gasteiger partial charge in [-0.3, -0.25) is 4.98 Å². The molecule has 1 aliphatic carbocycles. The van der Waals surface area contributed by atoms with E-state index in [0.717, 1.165) is 12.8 Å². The minimum absolute atomic E-state index is 0.177. The number of benzene rings is 1. The lowest BCUT2D eigenvalue weighted by Crippen LogP contribution is -2.50. The number of aromatic nitrogens is 1. The zero-order chi connectivity index (χ0) is 16.5. The van der Waals surface area contributed by atoms with Crippen LogP contribution in [0, 0.1) is 17.2 Å². The van der Waals surface area contributed by atoms with Crippen molar-refractivity contribution in [1.82, 2.24) is 9.71 Å². The van der Waals surface area contributed by atoms with Crippen molar-refractivity contribution in [2.45, 2.75) is 43.0 Å². The first-order valence-electron chi connectivity index (χ1n) is 7.75. The molecule has 1 aromatic heterocycles. The third-order valence-electron chi connectivity index (χ3n) is 4.44. The van der Waals surface area contributed by atoms with E-state index in [1.165, 1.54) is 0 Å². The van der Waals surface area contributed by atoms with E-state index in [1.54, 1.807) is 36.5 Å². The topological polar surface area (TPSA) is 82.9 Å². The van der Waals surface area contributed by atoms with Crippen molar-refractivity contribution >= 4 is 20.9 Å². The highest BCUT2D eigenvalue weighted by Gasteiger charge is 2.39. The molecule has 1 aromatic carbocycles. The second kappa shape index (κ2) is 5.91. The molecule has 0 saturated heterocycles. The first-order chi connectivity index (χ1) is 11.0. The van der Waals surface area contributed by atoms with Gasteiger partial charge < -0.3 is 0 Å². The van der Waals surface area contributed by atoms with Crippen LogP contribution in [0.3, 0.4) is 0 Å². The predicted molar refractivity (Wildman–Crippen MR) is 88.0 cm³/mol. The van der Waals surface area contributed by atoms with E-state index in [4.69, 9.17) is 0 Å². The Morgan fingerprint density at radius 2 is 2.17 bits per heavy atom. The van der Waals surface area contributed by atoms with Crippen LogP contribution in [-0.4, -0.2) is 18.9 Å². The van der Waals surface area contributed by atoms with Gasteiger partial charge in [-0.05, 0) is 43.0 Å². The molecule has 0 spiro atoms. The number of nitrogens with zero attached hydrogens (tertiary/aromatic N) is 2. The molecular weight excluding hydrogens is 310 g/mol. The van der Waals surface area contributed by atoms with E-state index < -0.39 is 15.6 Å². The summed E-state index contributed by atoms with van der Waals surface area (Å²) in [6.07, 6.45) is 4.62. The van der Waals surface area contributed by atoms with Crippen molar-refractivity contribution in [3.05, 3.63) is 36.5 Å². The predicted octanol–water partition coefficient (Wildman–Crippen LogP) is 2.99. The molecule has 1 N–H and O–H groups in total. The van der Waals surface area contributed by atoms with Crippen LogP contribution < -0.4 is 4.72 Å². The summed E-state index contributed by atoms with van der Waals surface area (Å²) in [5, 5.41) is 10.2. The third-order valence-corrected chi connectivity index (χ3v) is 6.03. The Kier molecular flexibility index (Phi) is 4.09. The maximum Gasteiger partial charge on any atom is 0.242 e. The molecule has 2 atom stereocenters. The quantitative estimate of drug-likeness (QED) is 0.938. The Balaban J connectivity index is 2.03. The summed E-state index contributed by atoms with van der Waals surface area (Å²) in [4.78, 5) is 4.37. The molecule has 0 bridgehead atoms. The van der Waals surface area contributed by atoms with Gasteiger partial charge in [0.1, 0.15) is 5.54 Å². The fourth-order valence-electron chi connectivity index (χ4n) is 3.39. The van der Waals surface area contributed by atoms with Gasteiger partial charge in [-0.15, -0.1) is 0 Å². The molecule has 120 valence electrons. The summed E-state index contributed by atoms with van der Waals surface area (Å²) >= 11 is 0. The summed E-state index contributed by atoms with van der Waals surface area (Å²) in [5.74, 6) is 0.334. The summed E-state index contributed by atoms with van der Waals surface area (Å²) in [6.45, 7) is 2.06. The number of nitriles is 1. The van der Waals surface area contributed by atoms with Crippen molar-refractivity contribution < 1.29 is 8.42 Å². The monoisotopic (exact) mass is 329 g/mol. The SMILES string of the molecule is C[C@H]1CCC[C@](C#N)(NS(=O)(=O)c2cccc3ncccc23)C1. The highest BCUT2D eigenvalue weighted by Crippen LogP contribution is 2.33. The molecule has 0 unspecified atom stereocenters. The molecule has 1 aliphatic rings. The Bertz CT molecular complexity index is 868. The third kappa shape index (κ3) is 3.07. The Hall–Kier alpha value is -1.97. The zero-order valence-electron chi connectivity index (χ0n) is 13.0. The van der Waals surface area contributed by atoms with Gasteiger partial charge in [0.25, 0.3) is 0 Å². The van der Waals surface area contributed by atoms with E-state index in [1.807, 2.05) is 0 Å². The van der Waals surface area contributed by atoms with Gasteiger partial charge in [0.05, 0.1) is 16.5 Å². The highest BCUT2D eigenvalue weighted by molar-refractivity contribution is 7.89. The van der Waals surface area contributed by atoms with Crippen molar-refractivity contribution in [2.75, 3.05) is 0 Å². The standard InChI is InChI=1S/C17H19N3O2S/c1-13-5-3-9-17(11-13,12-18)20-23(21,22)16-8-2-7-15-14(16)6-4-10-19-15/h2,4,6-8,10,13,20H,3,5,9,11H2,1H3/t13-,17-/m0/s1. The maximum atomic E-state index is 12.9. The molecule has 1 heterocycles. The molecule has 5 nitrogen and oxygen atoms in total. The summed E-state index contributed by atoms with van der Waals surface area (Å²) in [7, 11) is -3.79. The van der Waals surface area contributed by atoms with E-state index in [2.05, 4.69) is 22.7 Å². The van der Waals surface area contributed by atoms with E-state index in [-0.39, 0.29) is 4.90 Å². The average Bonchev–Trinajstić information content (AvgIpc) is 2.54. The summed E-state index contributed by atoms with van der Waals surface area (Å²) in [6, 6.07) is 10.7. The van der Waals surface area contributed by atoms with Crippen molar-refractivity contribution in [3.8, 4) is 6.07 Å². The van der Waals surface area contributed by atoms with E-state index in [9.17, 15) is 13.7 Å². The molecular formula is C17H19N3O2S. The smallest absolute Gasteiger partial charge is 0.242 e. The molecule has 0 aliphatic heterocycles. The van der Waals surface area contributed by atoms with Crippen LogP contribution in [0.15, 0.2) is 41.4 Å². The molecule has 6 heteroatoms. The minimum Gasteiger partial charge on any atom is -0.256 e. The number of nitrogens with one attached hydrogen (secondary N) is 1. The molecule has 0 amide bonds. The first-order valence-corrected chi connectivity index (χ1v) is 9.23. The van der Waals surface area contributed by atoms with Crippen LogP contribution >= 0.6 is 0 Å². The van der Waals surface area contributed by atoms with Gasteiger partial charge in [-0.25, -0.2) is 8.42 Å². The van der Waals surface area contributed by atoms with Gasteiger partial charge in [0, 0.05) is 11.6 Å². The van der Waals surface area contributed by atoms with Gasteiger partial charge in [-0.1, -0.05) is 25.8 Å². The van der Waals surface area contributed by atoms with Gasteiger partial charge in [-0.2, -0.15) is 9.98 Å².